The average Bonchev–Trinajstić information content (AvgIpc) is 3.13. The van der Waals surface area contributed by atoms with E-state index in [-0.39, 0.29) is 18.4 Å². The Bertz CT molecular complexity index is 964. The van der Waals surface area contributed by atoms with Crippen LogP contribution in [-0.4, -0.2) is 52.0 Å². The molecular weight excluding hydrogens is 390 g/mol. The molecular formula is C21H23N3O6. The Morgan fingerprint density at radius 1 is 1.07 bits per heavy atom. The summed E-state index contributed by atoms with van der Waals surface area (Å²) in [5.74, 6) is 2.31. The fourth-order valence-electron chi connectivity index (χ4n) is 3.50. The summed E-state index contributed by atoms with van der Waals surface area (Å²) in [6.45, 7) is 1.35. The standard InChI is InChI=1S/C21H23N3O6/c1-27-15-4-5-16(18(11-15)28-2)23-21(26)22-13-9-20(25)24(12-13)14-3-6-17-19(10-14)30-8-7-29-17/h3-6,10-11,13H,7-9,12H2,1-2H3,(H2,22,23,26). The zero-order valence-electron chi connectivity index (χ0n) is 16.8. The molecule has 4 rings (SSSR count). The van der Waals surface area contributed by atoms with Gasteiger partial charge in [-0.15, -0.1) is 0 Å². The molecule has 0 spiro atoms. The highest BCUT2D eigenvalue weighted by atomic mass is 16.6. The molecule has 2 aliphatic heterocycles. The second-order valence-electron chi connectivity index (χ2n) is 6.90. The van der Waals surface area contributed by atoms with Crippen molar-refractivity contribution in [3.63, 3.8) is 0 Å². The number of nitrogens with one attached hydrogen (secondary N) is 2. The van der Waals surface area contributed by atoms with Crippen molar-refractivity contribution in [3.05, 3.63) is 36.4 Å². The van der Waals surface area contributed by atoms with Gasteiger partial charge in [-0.2, -0.15) is 0 Å². The molecule has 2 aromatic rings. The zero-order chi connectivity index (χ0) is 21.1. The smallest absolute Gasteiger partial charge is 0.319 e. The lowest BCUT2D eigenvalue weighted by Gasteiger charge is -2.22. The second kappa shape index (κ2) is 8.40. The molecule has 0 aromatic heterocycles. The highest BCUT2D eigenvalue weighted by Crippen LogP contribution is 2.35. The van der Waals surface area contributed by atoms with Crippen LogP contribution in [0.3, 0.4) is 0 Å². The number of rotatable bonds is 5. The summed E-state index contributed by atoms with van der Waals surface area (Å²) in [5.41, 5.74) is 1.22. The van der Waals surface area contributed by atoms with E-state index in [0.717, 1.165) is 0 Å². The van der Waals surface area contributed by atoms with E-state index in [1.54, 1.807) is 42.3 Å². The Labute approximate surface area is 173 Å². The Kier molecular flexibility index (Phi) is 5.51. The highest BCUT2D eigenvalue weighted by Gasteiger charge is 2.32. The van der Waals surface area contributed by atoms with Crippen LogP contribution in [-0.2, 0) is 4.79 Å². The molecule has 158 valence electrons. The first-order valence-corrected chi connectivity index (χ1v) is 9.57. The number of benzene rings is 2. The number of ether oxygens (including phenoxy) is 4. The number of fused-ring (bicyclic) bond motifs is 1. The molecule has 9 nitrogen and oxygen atoms in total. The van der Waals surface area contributed by atoms with Crippen LogP contribution in [0.15, 0.2) is 36.4 Å². The summed E-state index contributed by atoms with van der Waals surface area (Å²) >= 11 is 0. The van der Waals surface area contributed by atoms with Crippen LogP contribution < -0.4 is 34.5 Å². The van der Waals surface area contributed by atoms with Gasteiger partial charge in [-0.25, -0.2) is 4.79 Å². The van der Waals surface area contributed by atoms with Gasteiger partial charge in [0.2, 0.25) is 5.91 Å². The molecule has 9 heteroatoms. The number of hydrogen-bond acceptors (Lipinski definition) is 6. The quantitative estimate of drug-likeness (QED) is 0.781. The van der Waals surface area contributed by atoms with Crippen molar-refractivity contribution < 1.29 is 28.5 Å². The topological polar surface area (TPSA) is 98.4 Å². The maximum atomic E-state index is 12.5. The van der Waals surface area contributed by atoms with E-state index >= 15 is 0 Å². The van der Waals surface area contributed by atoms with Crippen LogP contribution in [0.5, 0.6) is 23.0 Å². The maximum Gasteiger partial charge on any atom is 0.319 e. The molecule has 1 saturated heterocycles. The molecule has 0 saturated carbocycles. The lowest BCUT2D eigenvalue weighted by molar-refractivity contribution is -0.117. The third-order valence-electron chi connectivity index (χ3n) is 4.95. The van der Waals surface area contributed by atoms with Gasteiger partial charge in [-0.3, -0.25) is 4.79 Å². The van der Waals surface area contributed by atoms with Crippen molar-refractivity contribution in [2.75, 3.05) is 44.2 Å². The Morgan fingerprint density at radius 2 is 1.87 bits per heavy atom. The van der Waals surface area contributed by atoms with Crippen LogP contribution in [0, 0.1) is 0 Å². The number of methoxy groups -OCH3 is 2. The SMILES string of the molecule is COc1ccc(NC(=O)NC2CC(=O)N(c3ccc4c(c3)OCCO4)C2)c(OC)c1. The van der Waals surface area contributed by atoms with Crippen LogP contribution in [0.2, 0.25) is 0 Å². The Hall–Kier alpha value is -3.62. The number of carbonyl (C=O) groups excluding carboxylic acids is 2. The molecule has 0 bridgehead atoms. The van der Waals surface area contributed by atoms with Crippen LogP contribution >= 0.6 is 0 Å². The second-order valence-corrected chi connectivity index (χ2v) is 6.90. The molecule has 30 heavy (non-hydrogen) atoms. The molecule has 2 heterocycles. The summed E-state index contributed by atoms with van der Waals surface area (Å²) in [6, 6.07) is 9.75. The van der Waals surface area contributed by atoms with Crippen LogP contribution in [0.4, 0.5) is 16.2 Å². The number of amides is 3. The highest BCUT2D eigenvalue weighted by molar-refractivity contribution is 5.98. The van der Waals surface area contributed by atoms with Gasteiger partial charge in [0, 0.05) is 30.8 Å². The summed E-state index contributed by atoms with van der Waals surface area (Å²) in [4.78, 5) is 26.6. The molecule has 1 unspecified atom stereocenters. The fraction of sp³-hybridized carbons (Fsp3) is 0.333. The minimum atomic E-state index is -0.416. The number of hydrogen-bond donors (Lipinski definition) is 2. The van der Waals surface area contributed by atoms with Gasteiger partial charge < -0.3 is 34.5 Å². The normalized spacial score (nSPS) is 17.5. The van der Waals surface area contributed by atoms with Gasteiger partial charge in [0.15, 0.2) is 11.5 Å². The number of nitrogens with zero attached hydrogens (tertiary/aromatic N) is 1. The summed E-state index contributed by atoms with van der Waals surface area (Å²) in [5, 5.41) is 5.60. The van der Waals surface area contributed by atoms with Crippen LogP contribution in [0.1, 0.15) is 6.42 Å². The van der Waals surface area contributed by atoms with E-state index in [1.807, 2.05) is 6.07 Å². The molecule has 2 aliphatic rings. The van der Waals surface area contributed by atoms with E-state index < -0.39 is 6.03 Å². The van der Waals surface area contributed by atoms with E-state index in [1.165, 1.54) is 7.11 Å². The van der Waals surface area contributed by atoms with Gasteiger partial charge in [0.05, 0.1) is 25.9 Å². The third-order valence-corrected chi connectivity index (χ3v) is 4.95. The predicted molar refractivity (Wildman–Crippen MR) is 110 cm³/mol. The first kappa shape index (κ1) is 19.7. The Morgan fingerprint density at radius 3 is 2.63 bits per heavy atom. The summed E-state index contributed by atoms with van der Waals surface area (Å²) in [7, 11) is 3.07. The fourth-order valence-corrected chi connectivity index (χ4v) is 3.50. The van der Waals surface area contributed by atoms with Crippen molar-refractivity contribution in [1.82, 2.24) is 5.32 Å². The minimum Gasteiger partial charge on any atom is -0.497 e. The minimum absolute atomic E-state index is 0.0704. The van der Waals surface area contributed by atoms with E-state index in [9.17, 15) is 9.59 Å². The van der Waals surface area contributed by atoms with Crippen LogP contribution in [0.25, 0.3) is 0 Å². The van der Waals surface area contributed by atoms with Gasteiger partial charge >= 0.3 is 6.03 Å². The van der Waals surface area contributed by atoms with Crippen molar-refractivity contribution in [3.8, 4) is 23.0 Å². The first-order valence-electron chi connectivity index (χ1n) is 9.57. The van der Waals surface area contributed by atoms with Gasteiger partial charge in [-0.05, 0) is 24.3 Å². The molecule has 1 atom stereocenters. The molecule has 2 aromatic carbocycles. The predicted octanol–water partition coefficient (Wildman–Crippen LogP) is 2.40. The van der Waals surface area contributed by atoms with Crippen molar-refractivity contribution in [2.45, 2.75) is 12.5 Å². The molecule has 3 amide bonds. The molecule has 0 radical (unpaired) electrons. The largest absolute Gasteiger partial charge is 0.497 e. The van der Waals surface area contributed by atoms with Gasteiger partial charge in [0.1, 0.15) is 24.7 Å². The van der Waals surface area contributed by atoms with E-state index in [2.05, 4.69) is 10.6 Å². The molecule has 1 fully saturated rings. The maximum absolute atomic E-state index is 12.5. The number of urea groups is 1. The first-order chi connectivity index (χ1) is 14.6. The average molecular weight is 413 g/mol. The third kappa shape index (κ3) is 4.05. The lowest BCUT2D eigenvalue weighted by Crippen LogP contribution is -2.39. The van der Waals surface area contributed by atoms with E-state index in [0.29, 0.717) is 54.1 Å². The monoisotopic (exact) mass is 413 g/mol. The number of carbonyl (C=O) groups is 2. The Balaban J connectivity index is 1.39. The van der Waals surface area contributed by atoms with E-state index in [4.69, 9.17) is 18.9 Å². The van der Waals surface area contributed by atoms with Gasteiger partial charge in [0.25, 0.3) is 0 Å². The summed E-state index contributed by atoms with van der Waals surface area (Å²) < 4.78 is 21.6. The van der Waals surface area contributed by atoms with Crippen molar-refractivity contribution in [2.24, 2.45) is 0 Å². The lowest BCUT2D eigenvalue weighted by atomic mass is 10.2. The molecule has 2 N–H and O–H groups in total. The summed E-state index contributed by atoms with van der Waals surface area (Å²) in [6.07, 6.45) is 0.210. The van der Waals surface area contributed by atoms with Crippen molar-refractivity contribution >= 4 is 23.3 Å². The zero-order valence-corrected chi connectivity index (χ0v) is 16.8. The number of anilines is 2. The van der Waals surface area contributed by atoms with Crippen molar-refractivity contribution in [1.29, 1.82) is 0 Å². The van der Waals surface area contributed by atoms with Gasteiger partial charge in [-0.1, -0.05) is 0 Å². The molecule has 0 aliphatic carbocycles.